The van der Waals surface area contributed by atoms with Gasteiger partial charge in [-0.1, -0.05) is 0 Å². The zero-order chi connectivity index (χ0) is 25.4. The van der Waals surface area contributed by atoms with E-state index in [-0.39, 0.29) is 18.1 Å². The first-order chi connectivity index (χ1) is 17.2. The van der Waals surface area contributed by atoms with Gasteiger partial charge in [0.05, 0.1) is 37.0 Å². The van der Waals surface area contributed by atoms with Crippen LogP contribution in [0.4, 0.5) is 19.0 Å². The standard InChI is InChI=1S/C24H20F3N7O2/c1-13(22-29-7-2-8-30-22)34(10-15-4-6-20(33-32-15)24(25,26)27)23(35)14-3-5-19-16(9-14)17-11-36-12-18(17)21(28)31-19/h2-9,13H,10-12H2,1H3,(H2,28,31)/t13-/m1/s1. The molecule has 0 unspecified atom stereocenters. The number of carbonyl (C=O) groups is 1. The van der Waals surface area contributed by atoms with E-state index < -0.39 is 17.9 Å². The van der Waals surface area contributed by atoms with Crippen molar-refractivity contribution in [3.63, 3.8) is 0 Å². The summed E-state index contributed by atoms with van der Waals surface area (Å²) in [5.41, 5.74) is 7.79. The van der Waals surface area contributed by atoms with E-state index in [1.807, 2.05) is 0 Å². The molecule has 5 rings (SSSR count). The number of hydrogen-bond donors (Lipinski definition) is 1. The number of ether oxygens (including phenoxy) is 1. The Morgan fingerprint density at radius 3 is 2.56 bits per heavy atom. The van der Waals surface area contributed by atoms with Crippen LogP contribution in [0, 0.1) is 0 Å². The highest BCUT2D eigenvalue weighted by molar-refractivity contribution is 5.99. The molecule has 0 aliphatic carbocycles. The van der Waals surface area contributed by atoms with Crippen LogP contribution in [0.3, 0.4) is 0 Å². The number of anilines is 1. The molecular formula is C24H20F3N7O2. The highest BCUT2D eigenvalue weighted by atomic mass is 19.4. The van der Waals surface area contributed by atoms with Crippen LogP contribution in [-0.2, 0) is 30.7 Å². The Hall–Kier alpha value is -4.19. The first-order valence-electron chi connectivity index (χ1n) is 11.0. The Labute approximate surface area is 203 Å². The summed E-state index contributed by atoms with van der Waals surface area (Å²) < 4.78 is 44.3. The number of carbonyl (C=O) groups excluding carboxylic acids is 1. The van der Waals surface area contributed by atoms with E-state index in [9.17, 15) is 18.0 Å². The summed E-state index contributed by atoms with van der Waals surface area (Å²) in [6, 6.07) is 8.13. The maximum absolute atomic E-state index is 13.8. The molecule has 0 fully saturated rings. The molecule has 1 aliphatic rings. The van der Waals surface area contributed by atoms with Crippen molar-refractivity contribution in [2.45, 2.75) is 38.9 Å². The molecule has 0 bridgehead atoms. The Kier molecular flexibility index (Phi) is 5.96. The van der Waals surface area contributed by atoms with Gasteiger partial charge in [0.25, 0.3) is 5.91 Å². The van der Waals surface area contributed by atoms with Gasteiger partial charge in [0.15, 0.2) is 5.69 Å². The van der Waals surface area contributed by atoms with Gasteiger partial charge in [0, 0.05) is 28.9 Å². The van der Waals surface area contributed by atoms with Crippen molar-refractivity contribution < 1.29 is 22.7 Å². The summed E-state index contributed by atoms with van der Waals surface area (Å²) in [5, 5.41) is 7.73. The van der Waals surface area contributed by atoms with Gasteiger partial charge in [-0.15, -0.1) is 5.10 Å². The van der Waals surface area contributed by atoms with Gasteiger partial charge >= 0.3 is 6.18 Å². The van der Waals surface area contributed by atoms with E-state index >= 15 is 0 Å². The van der Waals surface area contributed by atoms with Gasteiger partial charge < -0.3 is 15.4 Å². The van der Waals surface area contributed by atoms with Crippen LogP contribution >= 0.6 is 0 Å². The Bertz CT molecular complexity index is 1430. The fourth-order valence-corrected chi connectivity index (χ4v) is 4.09. The van der Waals surface area contributed by atoms with Crippen LogP contribution in [0.15, 0.2) is 48.8 Å². The molecular weight excluding hydrogens is 475 g/mol. The Balaban J connectivity index is 1.53. The molecule has 12 heteroatoms. The van der Waals surface area contributed by atoms with Gasteiger partial charge in [-0.25, -0.2) is 15.0 Å². The lowest BCUT2D eigenvalue weighted by Crippen LogP contribution is -2.34. The lowest BCUT2D eigenvalue weighted by atomic mass is 10.0. The minimum absolute atomic E-state index is 0.108. The summed E-state index contributed by atoms with van der Waals surface area (Å²) in [6.45, 7) is 2.33. The molecule has 4 heterocycles. The highest BCUT2D eigenvalue weighted by Gasteiger charge is 2.33. The second-order valence-corrected chi connectivity index (χ2v) is 8.30. The van der Waals surface area contributed by atoms with E-state index in [0.29, 0.717) is 35.9 Å². The topological polar surface area (TPSA) is 120 Å². The molecule has 1 aromatic carbocycles. The second-order valence-electron chi connectivity index (χ2n) is 8.30. The third-order valence-corrected chi connectivity index (χ3v) is 6.01. The number of hydrogen-bond acceptors (Lipinski definition) is 8. The highest BCUT2D eigenvalue weighted by Crippen LogP contribution is 2.32. The number of fused-ring (bicyclic) bond motifs is 3. The number of nitrogen functional groups attached to an aromatic ring is 1. The van der Waals surface area contributed by atoms with E-state index in [1.54, 1.807) is 43.6 Å². The minimum atomic E-state index is -4.61. The second kappa shape index (κ2) is 9.11. The van der Waals surface area contributed by atoms with Crippen molar-refractivity contribution in [2.75, 3.05) is 5.73 Å². The summed E-state index contributed by atoms with van der Waals surface area (Å²) in [6.07, 6.45) is -1.51. The third-order valence-electron chi connectivity index (χ3n) is 6.01. The molecule has 0 saturated carbocycles. The van der Waals surface area contributed by atoms with E-state index in [0.717, 1.165) is 22.6 Å². The van der Waals surface area contributed by atoms with Gasteiger partial charge in [0.1, 0.15) is 11.6 Å². The average molecular weight is 495 g/mol. The molecule has 9 nitrogen and oxygen atoms in total. The van der Waals surface area contributed by atoms with Crippen molar-refractivity contribution in [3.8, 4) is 0 Å². The maximum atomic E-state index is 13.8. The van der Waals surface area contributed by atoms with Gasteiger partial charge in [0.2, 0.25) is 0 Å². The smallest absolute Gasteiger partial charge is 0.383 e. The van der Waals surface area contributed by atoms with Crippen molar-refractivity contribution in [1.29, 1.82) is 0 Å². The van der Waals surface area contributed by atoms with E-state index in [1.165, 1.54) is 11.0 Å². The van der Waals surface area contributed by atoms with Crippen molar-refractivity contribution >= 4 is 22.6 Å². The Morgan fingerprint density at radius 1 is 1.11 bits per heavy atom. The van der Waals surface area contributed by atoms with Crippen LogP contribution < -0.4 is 5.73 Å². The summed E-state index contributed by atoms with van der Waals surface area (Å²) in [4.78, 5) is 28.1. The maximum Gasteiger partial charge on any atom is 0.435 e. The molecule has 0 radical (unpaired) electrons. The number of pyridine rings is 1. The number of aromatic nitrogens is 5. The van der Waals surface area contributed by atoms with Crippen molar-refractivity contribution in [1.82, 2.24) is 30.0 Å². The molecule has 1 aliphatic heterocycles. The van der Waals surface area contributed by atoms with Gasteiger partial charge in [-0.3, -0.25) is 4.79 Å². The lowest BCUT2D eigenvalue weighted by Gasteiger charge is -2.28. The van der Waals surface area contributed by atoms with E-state index in [2.05, 4.69) is 25.1 Å². The predicted molar refractivity (Wildman–Crippen MR) is 122 cm³/mol. The van der Waals surface area contributed by atoms with Crippen LogP contribution in [0.25, 0.3) is 10.9 Å². The molecule has 36 heavy (non-hydrogen) atoms. The normalized spacial score (nSPS) is 14.0. The van der Waals surface area contributed by atoms with Gasteiger partial charge in [-0.05, 0) is 48.9 Å². The molecule has 1 atom stereocenters. The van der Waals surface area contributed by atoms with Crippen molar-refractivity contribution in [2.24, 2.45) is 0 Å². The van der Waals surface area contributed by atoms with Crippen LogP contribution in [0.1, 0.15) is 51.7 Å². The van der Waals surface area contributed by atoms with Crippen LogP contribution in [-0.4, -0.2) is 36.0 Å². The van der Waals surface area contributed by atoms with Crippen LogP contribution in [0.2, 0.25) is 0 Å². The number of alkyl halides is 3. The summed E-state index contributed by atoms with van der Waals surface area (Å²) in [5.74, 6) is 0.379. The number of nitrogens with two attached hydrogens (primary N) is 1. The molecule has 0 saturated heterocycles. The number of benzene rings is 1. The largest absolute Gasteiger partial charge is 0.435 e. The van der Waals surface area contributed by atoms with E-state index in [4.69, 9.17) is 10.5 Å². The zero-order valence-electron chi connectivity index (χ0n) is 19.0. The fourth-order valence-electron chi connectivity index (χ4n) is 4.09. The van der Waals surface area contributed by atoms with Crippen molar-refractivity contribution in [3.05, 3.63) is 82.7 Å². The first-order valence-corrected chi connectivity index (χ1v) is 11.0. The summed E-state index contributed by atoms with van der Waals surface area (Å²) in [7, 11) is 0. The Morgan fingerprint density at radius 2 is 1.86 bits per heavy atom. The van der Waals surface area contributed by atoms with Gasteiger partial charge in [-0.2, -0.15) is 18.3 Å². The first kappa shape index (κ1) is 23.5. The average Bonchev–Trinajstić information content (AvgIpc) is 3.38. The third kappa shape index (κ3) is 4.42. The molecule has 3 aromatic heterocycles. The number of amides is 1. The summed E-state index contributed by atoms with van der Waals surface area (Å²) >= 11 is 0. The van der Waals surface area contributed by atoms with Crippen LogP contribution in [0.5, 0.6) is 0 Å². The predicted octanol–water partition coefficient (Wildman–Crippen LogP) is 3.85. The number of rotatable bonds is 5. The lowest BCUT2D eigenvalue weighted by molar-refractivity contribution is -0.141. The molecule has 0 spiro atoms. The fraction of sp³-hybridized carbons (Fsp3) is 0.250. The molecule has 4 aromatic rings. The number of halogens is 3. The number of nitrogens with zero attached hydrogens (tertiary/aromatic N) is 6. The SMILES string of the molecule is C[C@H](c1ncccn1)N(Cc1ccc(C(F)(F)F)nn1)C(=O)c1ccc2nc(N)c3c(c2c1)COC3. The molecule has 2 N–H and O–H groups in total. The zero-order valence-corrected chi connectivity index (χ0v) is 19.0. The molecule has 184 valence electrons. The molecule has 1 amide bonds. The minimum Gasteiger partial charge on any atom is -0.383 e. The quantitative estimate of drug-likeness (QED) is 0.443. The monoisotopic (exact) mass is 495 g/mol.